The summed E-state index contributed by atoms with van der Waals surface area (Å²) in [6, 6.07) is 15.8. The molecule has 0 radical (unpaired) electrons. The topological polar surface area (TPSA) is 67.2 Å². The van der Waals surface area contributed by atoms with Gasteiger partial charge in [-0.3, -0.25) is 14.6 Å². The molecule has 1 spiro atoms. The minimum atomic E-state index is -0.785. The molecular weight excluding hydrogens is 468 g/mol. The molecule has 2 fully saturated rings. The largest absolute Gasteiger partial charge is 0.497 e. The van der Waals surface area contributed by atoms with E-state index < -0.39 is 5.54 Å². The Morgan fingerprint density at radius 1 is 0.946 bits per heavy atom. The lowest BCUT2D eigenvalue weighted by molar-refractivity contribution is -0.136. The lowest BCUT2D eigenvalue weighted by atomic mass is 9.85. The highest BCUT2D eigenvalue weighted by Crippen LogP contribution is 2.39. The van der Waals surface area contributed by atoms with Gasteiger partial charge in [0, 0.05) is 64.0 Å². The van der Waals surface area contributed by atoms with Crippen molar-refractivity contribution in [1.82, 2.24) is 19.3 Å². The number of carbonyl (C=O) groups excluding carboxylic acids is 2. The molecule has 8 heteroatoms. The van der Waals surface area contributed by atoms with Crippen molar-refractivity contribution in [2.45, 2.75) is 37.9 Å². The number of aryl methyl sites for hydroxylation is 1. The molecule has 2 aromatic carbocycles. The number of amides is 3. The first-order valence-electron chi connectivity index (χ1n) is 13.0. The van der Waals surface area contributed by atoms with Gasteiger partial charge in [0.2, 0.25) is 0 Å². The monoisotopic (exact) mass is 504 g/mol. The van der Waals surface area contributed by atoms with Gasteiger partial charge in [-0.05, 0) is 48.6 Å². The normalized spacial score (nSPS) is 17.9. The number of carbonyl (C=O) groups is 2. The molecule has 2 aliphatic rings. The molecule has 196 valence electrons. The third-order valence-electron chi connectivity index (χ3n) is 7.91. The number of para-hydroxylation sites is 1. The molecule has 1 aromatic heterocycles. The van der Waals surface area contributed by atoms with Crippen molar-refractivity contribution in [2.75, 3.05) is 40.5 Å². The molecule has 3 aromatic rings. The van der Waals surface area contributed by atoms with Gasteiger partial charge in [-0.15, -0.1) is 0 Å². The Balaban J connectivity index is 1.33. The Morgan fingerprint density at radius 3 is 2.38 bits per heavy atom. The van der Waals surface area contributed by atoms with Crippen molar-refractivity contribution in [3.05, 3.63) is 65.9 Å². The Morgan fingerprint density at radius 2 is 1.68 bits per heavy atom. The zero-order valence-electron chi connectivity index (χ0n) is 22.0. The molecule has 37 heavy (non-hydrogen) atoms. The highest BCUT2D eigenvalue weighted by molar-refractivity contribution is 6.07. The summed E-state index contributed by atoms with van der Waals surface area (Å²) in [5.41, 5.74) is 2.64. The van der Waals surface area contributed by atoms with Gasteiger partial charge in [0.05, 0.1) is 13.7 Å². The van der Waals surface area contributed by atoms with E-state index >= 15 is 0 Å². The fourth-order valence-electron chi connectivity index (χ4n) is 5.87. The highest BCUT2D eigenvalue weighted by Gasteiger charge is 2.57. The van der Waals surface area contributed by atoms with Gasteiger partial charge in [0.1, 0.15) is 11.3 Å². The number of hydrogen-bond acceptors (Lipinski definition) is 5. The number of imide groups is 1. The molecule has 0 N–H and O–H groups in total. The summed E-state index contributed by atoms with van der Waals surface area (Å²) in [7, 11) is 5.36. The molecule has 8 nitrogen and oxygen atoms in total. The maximum absolute atomic E-state index is 13.9. The van der Waals surface area contributed by atoms with Crippen LogP contribution in [-0.2, 0) is 29.7 Å². The Labute approximate surface area is 218 Å². The van der Waals surface area contributed by atoms with Crippen LogP contribution >= 0.6 is 0 Å². The molecule has 0 unspecified atom stereocenters. The van der Waals surface area contributed by atoms with Gasteiger partial charge in [0.15, 0.2) is 0 Å². The van der Waals surface area contributed by atoms with Crippen LogP contribution in [0.3, 0.4) is 0 Å². The third-order valence-corrected chi connectivity index (χ3v) is 7.91. The number of hydrogen-bond donors (Lipinski definition) is 0. The summed E-state index contributed by atoms with van der Waals surface area (Å²) in [6.45, 7) is 3.70. The van der Waals surface area contributed by atoms with Crippen LogP contribution in [0, 0.1) is 0 Å². The number of nitrogens with zero attached hydrogens (tertiary/aromatic N) is 4. The van der Waals surface area contributed by atoms with Gasteiger partial charge in [-0.1, -0.05) is 30.3 Å². The van der Waals surface area contributed by atoms with Crippen LogP contribution in [0.2, 0.25) is 0 Å². The maximum Gasteiger partial charge on any atom is 0.327 e. The third kappa shape index (κ3) is 4.71. The van der Waals surface area contributed by atoms with Crippen molar-refractivity contribution in [3.8, 4) is 5.75 Å². The summed E-state index contributed by atoms with van der Waals surface area (Å²) in [4.78, 5) is 33.1. The number of aromatic nitrogens is 1. The molecule has 3 amide bonds. The molecular formula is C29H36N4O4. The second-order valence-electron chi connectivity index (χ2n) is 10.1. The Bertz CT molecular complexity index is 1260. The second-order valence-corrected chi connectivity index (χ2v) is 10.1. The van der Waals surface area contributed by atoms with Crippen LogP contribution in [0.25, 0.3) is 10.9 Å². The molecule has 0 saturated carbocycles. The Kier molecular flexibility index (Phi) is 7.22. The van der Waals surface area contributed by atoms with Crippen molar-refractivity contribution >= 4 is 22.8 Å². The number of piperidine rings is 1. The first-order valence-corrected chi connectivity index (χ1v) is 13.0. The van der Waals surface area contributed by atoms with E-state index in [2.05, 4.69) is 47.0 Å². The number of likely N-dealkylation sites (tertiary alicyclic amines) is 1. The van der Waals surface area contributed by atoms with Crippen molar-refractivity contribution < 1.29 is 19.1 Å². The maximum atomic E-state index is 13.9. The summed E-state index contributed by atoms with van der Waals surface area (Å²) < 4.78 is 12.7. The SMILES string of the molecule is COCCCN1C(=O)N(Cc2ccc(OC)cc2)C(=O)C12CCN(Cc1cn(C)c3ccccc13)CC2. The predicted octanol–water partition coefficient (Wildman–Crippen LogP) is 4.02. The standard InChI is InChI=1S/C29H36N4O4/c1-30-20-23(25-7-4-5-8-26(25)30)21-31-16-13-29(14-17-31)27(34)32(28(35)33(29)15-6-18-36-2)19-22-9-11-24(37-3)12-10-22/h4-5,7-12,20H,6,13-19,21H2,1-3H3. The number of urea groups is 1. The van der Waals surface area contributed by atoms with Crippen LogP contribution in [0.15, 0.2) is 54.7 Å². The van der Waals surface area contributed by atoms with Crippen LogP contribution in [-0.4, -0.2) is 77.2 Å². The number of rotatable bonds is 9. The van der Waals surface area contributed by atoms with Gasteiger partial charge >= 0.3 is 6.03 Å². The fourth-order valence-corrected chi connectivity index (χ4v) is 5.87. The van der Waals surface area contributed by atoms with Gasteiger partial charge < -0.3 is 18.9 Å². The fraction of sp³-hybridized carbons (Fsp3) is 0.448. The van der Waals surface area contributed by atoms with Crippen LogP contribution in [0.1, 0.15) is 30.4 Å². The highest BCUT2D eigenvalue weighted by atomic mass is 16.5. The average molecular weight is 505 g/mol. The number of fused-ring (bicyclic) bond motifs is 1. The minimum absolute atomic E-state index is 0.0736. The number of ether oxygens (including phenoxy) is 2. The van der Waals surface area contributed by atoms with E-state index in [1.165, 1.54) is 21.4 Å². The van der Waals surface area contributed by atoms with Gasteiger partial charge in [-0.25, -0.2) is 4.79 Å². The van der Waals surface area contributed by atoms with E-state index in [9.17, 15) is 9.59 Å². The smallest absolute Gasteiger partial charge is 0.327 e. The average Bonchev–Trinajstić information content (AvgIpc) is 3.33. The summed E-state index contributed by atoms with van der Waals surface area (Å²) in [5, 5.41) is 1.27. The number of methoxy groups -OCH3 is 2. The van der Waals surface area contributed by atoms with Crippen molar-refractivity contribution in [1.29, 1.82) is 0 Å². The minimum Gasteiger partial charge on any atom is -0.497 e. The van der Waals surface area contributed by atoms with Crippen LogP contribution in [0.4, 0.5) is 4.79 Å². The quantitative estimate of drug-likeness (QED) is 0.325. The summed E-state index contributed by atoms with van der Waals surface area (Å²) >= 11 is 0. The summed E-state index contributed by atoms with van der Waals surface area (Å²) in [6.07, 6.45) is 4.17. The second kappa shape index (κ2) is 10.6. The van der Waals surface area contributed by atoms with Crippen LogP contribution in [0.5, 0.6) is 5.75 Å². The van der Waals surface area contributed by atoms with E-state index in [0.29, 0.717) is 32.4 Å². The van der Waals surface area contributed by atoms with E-state index in [4.69, 9.17) is 9.47 Å². The van der Waals surface area contributed by atoms with E-state index in [1.54, 1.807) is 14.2 Å². The van der Waals surface area contributed by atoms with Crippen molar-refractivity contribution in [3.63, 3.8) is 0 Å². The lowest BCUT2D eigenvalue weighted by Gasteiger charge is -2.42. The molecule has 2 aliphatic heterocycles. The van der Waals surface area contributed by atoms with E-state index in [0.717, 1.165) is 30.9 Å². The van der Waals surface area contributed by atoms with Gasteiger partial charge in [0.25, 0.3) is 5.91 Å². The molecule has 0 atom stereocenters. The zero-order chi connectivity index (χ0) is 26.0. The first kappa shape index (κ1) is 25.3. The Hall–Kier alpha value is -3.36. The van der Waals surface area contributed by atoms with Crippen LogP contribution < -0.4 is 4.74 Å². The molecule has 0 bridgehead atoms. The van der Waals surface area contributed by atoms with Gasteiger partial charge in [-0.2, -0.15) is 0 Å². The first-order chi connectivity index (χ1) is 18.0. The van der Waals surface area contributed by atoms with E-state index in [1.807, 2.05) is 29.2 Å². The lowest BCUT2D eigenvalue weighted by Crippen LogP contribution is -2.56. The zero-order valence-corrected chi connectivity index (χ0v) is 22.0. The number of benzene rings is 2. The van der Waals surface area contributed by atoms with E-state index in [-0.39, 0.29) is 18.5 Å². The predicted molar refractivity (Wildman–Crippen MR) is 142 cm³/mol. The van der Waals surface area contributed by atoms with Crippen molar-refractivity contribution in [2.24, 2.45) is 7.05 Å². The molecule has 0 aliphatic carbocycles. The molecule has 2 saturated heterocycles. The molecule has 3 heterocycles. The molecule has 5 rings (SSSR count). The summed E-state index contributed by atoms with van der Waals surface area (Å²) in [5.74, 6) is 0.676.